The maximum absolute atomic E-state index is 4.74. The Morgan fingerprint density at radius 2 is 0.950 bits per heavy atom. The third-order valence-corrected chi connectivity index (χ3v) is 3.46. The first kappa shape index (κ1) is 13.2. The van der Waals surface area contributed by atoms with E-state index in [-0.39, 0.29) is 0 Å². The summed E-state index contributed by atoms with van der Waals surface area (Å²) in [6.07, 6.45) is 0. The Morgan fingerprint density at radius 1 is 0.650 bits per heavy atom. The van der Waals surface area contributed by atoms with Gasteiger partial charge in [-0.3, -0.25) is 19.8 Å². The SMILES string of the molecule is CN1Cc2cccc(n2)CN(C)Cc2cccc(n2)C1. The largest absolute Gasteiger partial charge is 0.295 e. The minimum atomic E-state index is 0.851. The van der Waals surface area contributed by atoms with Crippen LogP contribution in [0.4, 0.5) is 0 Å². The highest BCUT2D eigenvalue weighted by molar-refractivity contribution is 5.14. The van der Waals surface area contributed by atoms with E-state index < -0.39 is 0 Å². The van der Waals surface area contributed by atoms with Crippen LogP contribution >= 0.6 is 0 Å². The van der Waals surface area contributed by atoms with Crippen molar-refractivity contribution in [3.8, 4) is 0 Å². The molecule has 20 heavy (non-hydrogen) atoms. The van der Waals surface area contributed by atoms with Gasteiger partial charge in [-0.25, -0.2) is 0 Å². The summed E-state index contributed by atoms with van der Waals surface area (Å²) in [5.74, 6) is 0. The summed E-state index contributed by atoms with van der Waals surface area (Å²) >= 11 is 0. The van der Waals surface area contributed by atoms with Gasteiger partial charge in [0.1, 0.15) is 0 Å². The minimum Gasteiger partial charge on any atom is -0.295 e. The number of aromatic nitrogens is 2. The van der Waals surface area contributed by atoms with E-state index in [1.54, 1.807) is 0 Å². The number of pyridine rings is 2. The van der Waals surface area contributed by atoms with Gasteiger partial charge in [0, 0.05) is 26.2 Å². The molecule has 2 aromatic heterocycles. The second-order valence-corrected chi connectivity index (χ2v) is 5.59. The Labute approximate surface area is 120 Å². The highest BCUT2D eigenvalue weighted by Crippen LogP contribution is 2.11. The first-order valence-corrected chi connectivity index (χ1v) is 6.96. The molecular formula is C16H20N4. The third-order valence-electron chi connectivity index (χ3n) is 3.46. The van der Waals surface area contributed by atoms with Gasteiger partial charge in [0.25, 0.3) is 0 Å². The van der Waals surface area contributed by atoms with Crippen molar-refractivity contribution in [1.29, 1.82) is 0 Å². The normalized spacial score (nSPS) is 17.3. The topological polar surface area (TPSA) is 32.3 Å². The van der Waals surface area contributed by atoms with E-state index in [0.29, 0.717) is 0 Å². The molecule has 0 saturated carbocycles. The molecule has 0 N–H and O–H groups in total. The minimum absolute atomic E-state index is 0.851. The lowest BCUT2D eigenvalue weighted by Gasteiger charge is -2.20. The predicted molar refractivity (Wildman–Crippen MR) is 78.8 cm³/mol. The zero-order valence-corrected chi connectivity index (χ0v) is 12.1. The van der Waals surface area contributed by atoms with E-state index >= 15 is 0 Å². The van der Waals surface area contributed by atoms with E-state index in [4.69, 9.17) is 9.97 Å². The number of hydrogen-bond donors (Lipinski definition) is 0. The van der Waals surface area contributed by atoms with Crippen LogP contribution in [0.2, 0.25) is 0 Å². The second-order valence-electron chi connectivity index (χ2n) is 5.59. The lowest BCUT2D eigenvalue weighted by Crippen LogP contribution is -2.23. The van der Waals surface area contributed by atoms with E-state index in [9.17, 15) is 0 Å². The van der Waals surface area contributed by atoms with E-state index in [2.05, 4.69) is 60.3 Å². The molecule has 0 aliphatic carbocycles. The molecule has 104 valence electrons. The Kier molecular flexibility index (Phi) is 3.76. The molecule has 0 atom stereocenters. The fourth-order valence-electron chi connectivity index (χ4n) is 2.63. The van der Waals surface area contributed by atoms with Gasteiger partial charge in [-0.1, -0.05) is 12.1 Å². The molecule has 2 aromatic rings. The van der Waals surface area contributed by atoms with Crippen molar-refractivity contribution in [3.05, 3.63) is 59.2 Å². The Balaban J connectivity index is 1.93. The van der Waals surface area contributed by atoms with E-state index in [1.807, 2.05) is 0 Å². The number of hydrogen-bond acceptors (Lipinski definition) is 4. The molecule has 0 aromatic carbocycles. The fourth-order valence-corrected chi connectivity index (χ4v) is 2.63. The van der Waals surface area contributed by atoms with Gasteiger partial charge in [-0.2, -0.15) is 0 Å². The maximum atomic E-state index is 4.74. The van der Waals surface area contributed by atoms with Gasteiger partial charge in [0.15, 0.2) is 0 Å². The van der Waals surface area contributed by atoms with Crippen molar-refractivity contribution >= 4 is 0 Å². The van der Waals surface area contributed by atoms with Crippen LogP contribution in [-0.4, -0.2) is 33.9 Å². The van der Waals surface area contributed by atoms with Crippen molar-refractivity contribution in [2.45, 2.75) is 26.2 Å². The summed E-state index contributed by atoms with van der Waals surface area (Å²) in [4.78, 5) is 14.0. The molecule has 4 nitrogen and oxygen atoms in total. The third kappa shape index (κ3) is 3.21. The average Bonchev–Trinajstić information content (AvgIpc) is 2.38. The van der Waals surface area contributed by atoms with E-state index in [0.717, 1.165) is 49.0 Å². The number of fused-ring (bicyclic) bond motifs is 4. The predicted octanol–water partition coefficient (Wildman–Crippen LogP) is 2.05. The molecule has 0 unspecified atom stereocenters. The molecule has 4 bridgehead atoms. The molecule has 0 saturated heterocycles. The molecule has 1 aliphatic heterocycles. The van der Waals surface area contributed by atoms with Crippen molar-refractivity contribution in [1.82, 2.24) is 19.8 Å². The Morgan fingerprint density at radius 3 is 1.25 bits per heavy atom. The molecule has 3 rings (SSSR count). The quantitative estimate of drug-likeness (QED) is 0.732. The van der Waals surface area contributed by atoms with Crippen LogP contribution in [0.25, 0.3) is 0 Å². The molecule has 1 aliphatic rings. The summed E-state index contributed by atoms with van der Waals surface area (Å²) < 4.78 is 0. The van der Waals surface area contributed by atoms with Crippen LogP contribution in [-0.2, 0) is 26.2 Å². The monoisotopic (exact) mass is 268 g/mol. The van der Waals surface area contributed by atoms with Gasteiger partial charge in [-0.05, 0) is 38.4 Å². The molecule has 0 radical (unpaired) electrons. The smallest absolute Gasteiger partial charge is 0.0547 e. The average molecular weight is 268 g/mol. The van der Waals surface area contributed by atoms with Crippen LogP contribution in [0, 0.1) is 0 Å². The van der Waals surface area contributed by atoms with Crippen LogP contribution in [0.3, 0.4) is 0 Å². The fraction of sp³-hybridized carbons (Fsp3) is 0.375. The molecule has 0 amide bonds. The summed E-state index contributed by atoms with van der Waals surface area (Å²) in [7, 11) is 4.22. The summed E-state index contributed by atoms with van der Waals surface area (Å²) in [5.41, 5.74) is 4.48. The van der Waals surface area contributed by atoms with Gasteiger partial charge >= 0.3 is 0 Å². The highest BCUT2D eigenvalue weighted by atomic mass is 15.1. The highest BCUT2D eigenvalue weighted by Gasteiger charge is 2.10. The van der Waals surface area contributed by atoms with Crippen LogP contribution in [0.1, 0.15) is 22.8 Å². The first-order chi connectivity index (χ1) is 9.69. The van der Waals surface area contributed by atoms with Crippen LogP contribution in [0.15, 0.2) is 36.4 Å². The molecule has 3 heterocycles. The van der Waals surface area contributed by atoms with Gasteiger partial charge in [0.2, 0.25) is 0 Å². The van der Waals surface area contributed by atoms with Gasteiger partial charge < -0.3 is 0 Å². The summed E-state index contributed by atoms with van der Waals surface area (Å²) in [5, 5.41) is 0. The lowest BCUT2D eigenvalue weighted by molar-refractivity contribution is 0.293. The summed E-state index contributed by atoms with van der Waals surface area (Å²) in [6, 6.07) is 12.6. The number of nitrogens with zero attached hydrogens (tertiary/aromatic N) is 4. The zero-order valence-electron chi connectivity index (χ0n) is 12.1. The summed E-state index contributed by atoms with van der Waals surface area (Å²) in [6.45, 7) is 3.40. The first-order valence-electron chi connectivity index (χ1n) is 6.96. The lowest BCUT2D eigenvalue weighted by atomic mass is 10.2. The Hall–Kier alpha value is -1.78. The Bertz CT molecular complexity index is 501. The van der Waals surface area contributed by atoms with Gasteiger partial charge in [0.05, 0.1) is 22.8 Å². The zero-order chi connectivity index (χ0) is 13.9. The second kappa shape index (κ2) is 5.69. The maximum Gasteiger partial charge on any atom is 0.0547 e. The van der Waals surface area contributed by atoms with Crippen LogP contribution in [0.5, 0.6) is 0 Å². The van der Waals surface area contributed by atoms with Crippen molar-refractivity contribution in [3.63, 3.8) is 0 Å². The van der Waals surface area contributed by atoms with Gasteiger partial charge in [-0.15, -0.1) is 0 Å². The molecule has 0 spiro atoms. The van der Waals surface area contributed by atoms with Crippen molar-refractivity contribution in [2.75, 3.05) is 14.1 Å². The van der Waals surface area contributed by atoms with E-state index in [1.165, 1.54) is 0 Å². The molecule has 4 heteroatoms. The molecular weight excluding hydrogens is 248 g/mol. The number of rotatable bonds is 0. The standard InChI is InChI=1S/C16H20N4/c1-19-9-13-5-3-7-15(17-13)11-20(2)12-16-8-4-6-14(10-19)18-16/h3-8H,9-12H2,1-2H3. The van der Waals surface area contributed by atoms with Crippen molar-refractivity contribution in [2.24, 2.45) is 0 Å². The van der Waals surface area contributed by atoms with Crippen LogP contribution < -0.4 is 0 Å². The molecule has 0 fully saturated rings. The van der Waals surface area contributed by atoms with Crippen molar-refractivity contribution < 1.29 is 0 Å².